The molecule has 4 nitrogen and oxygen atoms in total. The van der Waals surface area contributed by atoms with Crippen LogP contribution in [0.4, 0.5) is 0 Å². The van der Waals surface area contributed by atoms with Gasteiger partial charge in [-0.2, -0.15) is 5.26 Å². The van der Waals surface area contributed by atoms with Crippen molar-refractivity contribution in [3.8, 4) is 11.8 Å². The molecule has 0 atom stereocenters. The van der Waals surface area contributed by atoms with Gasteiger partial charge >= 0.3 is 0 Å². The van der Waals surface area contributed by atoms with Gasteiger partial charge in [-0.1, -0.05) is 18.2 Å². The van der Waals surface area contributed by atoms with Crippen molar-refractivity contribution in [1.82, 2.24) is 0 Å². The van der Waals surface area contributed by atoms with Crippen molar-refractivity contribution in [3.63, 3.8) is 0 Å². The van der Waals surface area contributed by atoms with Crippen LogP contribution < -0.4 is 10.5 Å². The highest BCUT2D eigenvalue weighted by Crippen LogP contribution is 2.29. The van der Waals surface area contributed by atoms with Gasteiger partial charge in [0.15, 0.2) is 0 Å². The number of hydrogen-bond donors (Lipinski definition) is 1. The summed E-state index contributed by atoms with van der Waals surface area (Å²) in [5.74, 6) is 0.535. The van der Waals surface area contributed by atoms with Crippen LogP contribution >= 0.6 is 0 Å². The Morgan fingerprint density at radius 3 is 3.05 bits per heavy atom. The van der Waals surface area contributed by atoms with E-state index < -0.39 is 0 Å². The first-order valence-electron chi connectivity index (χ1n) is 6.69. The zero-order valence-corrected chi connectivity index (χ0v) is 11.9. The summed E-state index contributed by atoms with van der Waals surface area (Å²) in [6, 6.07) is 7.50. The number of ether oxygens (including phenoxy) is 1. The highest BCUT2D eigenvalue weighted by Gasteiger charge is 2.10. The van der Waals surface area contributed by atoms with E-state index in [4.69, 9.17) is 15.7 Å². The lowest BCUT2D eigenvalue weighted by Gasteiger charge is -2.11. The highest BCUT2D eigenvalue weighted by atomic mass is 16.5. The Labute approximate surface area is 126 Å². The van der Waals surface area contributed by atoms with E-state index in [0.717, 1.165) is 29.6 Å². The summed E-state index contributed by atoms with van der Waals surface area (Å²) in [5, 5.41) is 9.04. The normalized spacial score (nSPS) is 18.9. The third-order valence-electron chi connectivity index (χ3n) is 3.19. The minimum Gasteiger partial charge on any atom is -0.495 e. The standard InChI is InChI=1S/C17H17N3O.H2/c1-21-17-9-13(6-7-14(17)10-18)16(11-19)15-5-3-2-4-8-20-12-15;/h3,5-9,11-12H,2,4,19H2,1H3;1H/b5-3-,15-12+,16-11-,20-8?;. The van der Waals surface area contributed by atoms with Gasteiger partial charge in [-0.25, -0.2) is 0 Å². The first-order chi connectivity index (χ1) is 10.3. The summed E-state index contributed by atoms with van der Waals surface area (Å²) in [4.78, 5) is 4.26. The molecule has 2 N–H and O–H groups in total. The average Bonchev–Trinajstić information content (AvgIpc) is 2.49. The van der Waals surface area contributed by atoms with E-state index in [1.165, 1.54) is 0 Å². The Bertz CT molecular complexity index is 682. The smallest absolute Gasteiger partial charge is 0.137 e. The van der Waals surface area contributed by atoms with E-state index in [-0.39, 0.29) is 1.43 Å². The molecule has 0 aliphatic carbocycles. The van der Waals surface area contributed by atoms with Gasteiger partial charge in [0, 0.05) is 31.2 Å². The second-order valence-electron chi connectivity index (χ2n) is 4.50. The molecule has 0 saturated heterocycles. The molecule has 0 radical (unpaired) electrons. The largest absolute Gasteiger partial charge is 0.495 e. The number of aliphatic imine (C=N–C) groups is 1. The maximum atomic E-state index is 9.04. The van der Waals surface area contributed by atoms with Crippen LogP contribution in [0.3, 0.4) is 0 Å². The maximum absolute atomic E-state index is 9.04. The Morgan fingerprint density at radius 2 is 2.33 bits per heavy atom. The van der Waals surface area contributed by atoms with Gasteiger partial charge in [0.25, 0.3) is 0 Å². The third kappa shape index (κ3) is 3.40. The van der Waals surface area contributed by atoms with Gasteiger partial charge in [-0.3, -0.25) is 4.99 Å². The van der Waals surface area contributed by atoms with Crippen LogP contribution in [0.1, 0.15) is 25.4 Å². The molecular weight excluding hydrogens is 262 g/mol. The van der Waals surface area contributed by atoms with Crippen molar-refractivity contribution in [1.29, 1.82) is 5.26 Å². The minimum atomic E-state index is 0. The molecule has 0 fully saturated rings. The summed E-state index contributed by atoms with van der Waals surface area (Å²) >= 11 is 0. The second-order valence-corrected chi connectivity index (χ2v) is 4.50. The number of hydrogen-bond acceptors (Lipinski definition) is 4. The first kappa shape index (κ1) is 14.6. The van der Waals surface area contributed by atoms with Gasteiger partial charge in [0.1, 0.15) is 11.8 Å². The van der Waals surface area contributed by atoms with E-state index in [1.54, 1.807) is 25.6 Å². The monoisotopic (exact) mass is 281 g/mol. The van der Waals surface area contributed by atoms with Crippen LogP contribution in [-0.4, -0.2) is 13.3 Å². The quantitative estimate of drug-likeness (QED) is 0.922. The number of nitriles is 1. The SMILES string of the molecule is COc1cc(C(=C/N)/C2=C/N=CCC/C=C\2)ccc1C#N.[HH]. The van der Waals surface area contributed by atoms with Crippen molar-refractivity contribution >= 4 is 11.8 Å². The molecule has 4 heteroatoms. The molecule has 1 aromatic rings. The number of nitrogens with zero attached hydrogens (tertiary/aromatic N) is 2. The van der Waals surface area contributed by atoms with Gasteiger partial charge in [-0.05, 0) is 30.5 Å². The molecule has 108 valence electrons. The van der Waals surface area contributed by atoms with Crippen molar-refractivity contribution < 1.29 is 6.16 Å². The molecule has 1 aliphatic rings. The Balaban J connectivity index is 0.00000242. The fraction of sp³-hybridized carbons (Fsp3) is 0.176. The number of rotatable bonds is 3. The van der Waals surface area contributed by atoms with Crippen LogP contribution in [0, 0.1) is 11.3 Å². The number of benzene rings is 1. The van der Waals surface area contributed by atoms with Crippen molar-refractivity contribution in [2.24, 2.45) is 10.7 Å². The van der Waals surface area contributed by atoms with Crippen LogP contribution in [0.5, 0.6) is 5.75 Å². The van der Waals surface area contributed by atoms with Crippen LogP contribution in [0.15, 0.2) is 53.3 Å². The number of methoxy groups -OCH3 is 1. The van der Waals surface area contributed by atoms with Crippen molar-refractivity contribution in [3.05, 3.63) is 59.5 Å². The summed E-state index contributed by atoms with van der Waals surface area (Å²) in [6.45, 7) is 0. The Kier molecular flexibility index (Phi) is 4.94. The molecule has 1 aromatic carbocycles. The van der Waals surface area contributed by atoms with Crippen molar-refractivity contribution in [2.75, 3.05) is 7.11 Å². The third-order valence-corrected chi connectivity index (χ3v) is 3.19. The lowest BCUT2D eigenvalue weighted by atomic mass is 9.97. The van der Waals surface area contributed by atoms with Gasteiger partial charge in [-0.15, -0.1) is 0 Å². The van der Waals surface area contributed by atoms with E-state index in [1.807, 2.05) is 24.4 Å². The lowest BCUT2D eigenvalue weighted by Crippen LogP contribution is -1.96. The lowest BCUT2D eigenvalue weighted by molar-refractivity contribution is 0.413. The minimum absolute atomic E-state index is 0. The van der Waals surface area contributed by atoms with E-state index in [9.17, 15) is 0 Å². The molecule has 0 aromatic heterocycles. The van der Waals surface area contributed by atoms with Crippen LogP contribution in [0.25, 0.3) is 5.57 Å². The molecule has 21 heavy (non-hydrogen) atoms. The fourth-order valence-corrected chi connectivity index (χ4v) is 2.10. The van der Waals surface area contributed by atoms with Crippen LogP contribution in [0.2, 0.25) is 0 Å². The second kappa shape index (κ2) is 7.11. The summed E-state index contributed by atoms with van der Waals surface area (Å²) in [7, 11) is 1.55. The first-order valence-corrected chi connectivity index (χ1v) is 6.69. The molecule has 1 aliphatic heterocycles. The Morgan fingerprint density at radius 1 is 1.48 bits per heavy atom. The molecule has 0 unspecified atom stereocenters. The fourth-order valence-electron chi connectivity index (χ4n) is 2.10. The van der Waals surface area contributed by atoms with E-state index >= 15 is 0 Å². The Hall–Kier alpha value is -2.80. The van der Waals surface area contributed by atoms with Crippen molar-refractivity contribution in [2.45, 2.75) is 12.8 Å². The molecule has 0 amide bonds. The number of allylic oxidation sites excluding steroid dienone is 4. The predicted octanol–water partition coefficient (Wildman–Crippen LogP) is 3.42. The number of nitrogens with two attached hydrogens (primary N) is 1. The maximum Gasteiger partial charge on any atom is 0.137 e. The highest BCUT2D eigenvalue weighted by molar-refractivity contribution is 5.82. The summed E-state index contributed by atoms with van der Waals surface area (Å²) < 4.78 is 5.25. The molecule has 2 rings (SSSR count). The van der Waals surface area contributed by atoms with Gasteiger partial charge in [0.2, 0.25) is 0 Å². The molecule has 0 bridgehead atoms. The summed E-state index contributed by atoms with van der Waals surface area (Å²) in [5.41, 5.74) is 8.97. The van der Waals surface area contributed by atoms with Gasteiger partial charge in [0.05, 0.1) is 12.7 Å². The van der Waals surface area contributed by atoms with E-state index in [0.29, 0.717) is 11.3 Å². The van der Waals surface area contributed by atoms with E-state index in [2.05, 4.69) is 17.1 Å². The zero-order chi connectivity index (χ0) is 15.1. The summed E-state index contributed by atoms with van der Waals surface area (Å²) in [6.07, 6.45) is 11.2. The molecular formula is C17H19N3O. The molecule has 0 saturated carbocycles. The molecule has 1 heterocycles. The van der Waals surface area contributed by atoms with Crippen LogP contribution in [-0.2, 0) is 0 Å². The topological polar surface area (TPSA) is 71.4 Å². The molecule has 0 spiro atoms. The van der Waals surface area contributed by atoms with Gasteiger partial charge < -0.3 is 10.5 Å². The predicted molar refractivity (Wildman–Crippen MR) is 86.9 cm³/mol. The zero-order valence-electron chi connectivity index (χ0n) is 11.9. The average molecular weight is 281 g/mol.